The number of benzene rings is 1. The zero-order valence-electron chi connectivity index (χ0n) is 11.8. The smallest absolute Gasteiger partial charge is 0.243 e. The van der Waals surface area contributed by atoms with Crippen LogP contribution in [0.3, 0.4) is 0 Å². The third-order valence-electron chi connectivity index (χ3n) is 3.55. The van der Waals surface area contributed by atoms with Crippen LogP contribution in [0.5, 0.6) is 0 Å². The summed E-state index contributed by atoms with van der Waals surface area (Å²) in [4.78, 5) is 0.311. The van der Waals surface area contributed by atoms with Crippen LogP contribution in [0, 0.1) is 18.8 Å². The second-order valence-electron chi connectivity index (χ2n) is 5.85. The lowest BCUT2D eigenvalue weighted by atomic mass is 9.94. The third kappa shape index (κ3) is 3.09. The number of nitrogens with two attached hydrogens (primary N) is 1. The van der Waals surface area contributed by atoms with Gasteiger partial charge in [0.25, 0.3) is 0 Å². The molecule has 2 rings (SSSR count). The number of piperidine rings is 1. The van der Waals surface area contributed by atoms with E-state index in [1.54, 1.807) is 22.5 Å². The summed E-state index contributed by atoms with van der Waals surface area (Å²) in [5.74, 6) is 0.807. The van der Waals surface area contributed by atoms with Gasteiger partial charge in [-0.15, -0.1) is 0 Å². The van der Waals surface area contributed by atoms with Gasteiger partial charge in [0.2, 0.25) is 10.0 Å². The highest BCUT2D eigenvalue weighted by atomic mass is 32.2. The van der Waals surface area contributed by atoms with Crippen molar-refractivity contribution in [1.29, 1.82) is 0 Å². The van der Waals surface area contributed by atoms with E-state index in [2.05, 4.69) is 13.8 Å². The number of sulfonamides is 1. The zero-order chi connectivity index (χ0) is 14.2. The molecule has 1 aromatic rings. The quantitative estimate of drug-likeness (QED) is 0.846. The molecular weight excluding hydrogens is 260 g/mol. The van der Waals surface area contributed by atoms with Crippen molar-refractivity contribution >= 4 is 15.7 Å². The Morgan fingerprint density at radius 3 is 2.26 bits per heavy atom. The first-order valence-electron chi connectivity index (χ1n) is 6.66. The van der Waals surface area contributed by atoms with Gasteiger partial charge in [0.1, 0.15) is 0 Å². The molecule has 0 amide bonds. The summed E-state index contributed by atoms with van der Waals surface area (Å²) in [5.41, 5.74) is 7.13. The first-order chi connectivity index (χ1) is 8.79. The Labute approximate surface area is 115 Å². The molecule has 4 nitrogen and oxygen atoms in total. The van der Waals surface area contributed by atoms with Gasteiger partial charge in [-0.2, -0.15) is 4.31 Å². The van der Waals surface area contributed by atoms with Crippen LogP contribution in [0.15, 0.2) is 23.1 Å². The topological polar surface area (TPSA) is 63.4 Å². The summed E-state index contributed by atoms with van der Waals surface area (Å²) in [6.07, 6.45) is 1.09. The molecule has 0 spiro atoms. The number of nitrogens with zero attached hydrogens (tertiary/aromatic N) is 1. The fourth-order valence-corrected chi connectivity index (χ4v) is 4.70. The van der Waals surface area contributed by atoms with Crippen molar-refractivity contribution in [1.82, 2.24) is 4.31 Å². The van der Waals surface area contributed by atoms with Crippen LogP contribution in [-0.4, -0.2) is 25.8 Å². The third-order valence-corrected chi connectivity index (χ3v) is 5.36. The molecule has 1 saturated heterocycles. The van der Waals surface area contributed by atoms with Crippen LogP contribution >= 0.6 is 0 Å². The molecule has 5 heteroatoms. The van der Waals surface area contributed by atoms with E-state index in [0.29, 0.717) is 35.5 Å². The van der Waals surface area contributed by atoms with Crippen molar-refractivity contribution in [3.8, 4) is 0 Å². The molecule has 2 N–H and O–H groups in total. The molecule has 2 unspecified atom stereocenters. The van der Waals surface area contributed by atoms with Crippen molar-refractivity contribution in [2.45, 2.75) is 32.1 Å². The summed E-state index contributed by atoms with van der Waals surface area (Å²) in [7, 11) is -3.42. The van der Waals surface area contributed by atoms with Gasteiger partial charge in [-0.25, -0.2) is 8.42 Å². The number of nitrogen functional groups attached to an aromatic ring is 1. The Bertz CT molecular complexity index is 539. The van der Waals surface area contributed by atoms with Gasteiger partial charge in [0, 0.05) is 18.8 Å². The van der Waals surface area contributed by atoms with Crippen LogP contribution in [0.25, 0.3) is 0 Å². The lowest BCUT2D eigenvalue weighted by molar-refractivity contribution is 0.222. The van der Waals surface area contributed by atoms with Crippen LogP contribution in [0.2, 0.25) is 0 Å². The summed E-state index contributed by atoms with van der Waals surface area (Å²) in [6, 6.07) is 5.02. The molecule has 1 aromatic carbocycles. The Morgan fingerprint density at radius 2 is 1.74 bits per heavy atom. The fourth-order valence-electron chi connectivity index (χ4n) is 2.88. The molecule has 1 aliphatic heterocycles. The monoisotopic (exact) mass is 282 g/mol. The molecule has 0 aromatic heterocycles. The van der Waals surface area contributed by atoms with Gasteiger partial charge in [-0.3, -0.25) is 0 Å². The van der Waals surface area contributed by atoms with Crippen molar-refractivity contribution in [2.24, 2.45) is 11.8 Å². The van der Waals surface area contributed by atoms with Crippen LogP contribution in [0.1, 0.15) is 25.8 Å². The van der Waals surface area contributed by atoms with Crippen molar-refractivity contribution in [3.05, 3.63) is 23.8 Å². The van der Waals surface area contributed by atoms with Crippen molar-refractivity contribution < 1.29 is 8.42 Å². The predicted molar refractivity (Wildman–Crippen MR) is 77.3 cm³/mol. The normalized spacial score (nSPS) is 25.4. The molecule has 1 fully saturated rings. The minimum Gasteiger partial charge on any atom is -0.399 e. The van der Waals surface area contributed by atoms with Gasteiger partial charge in [-0.1, -0.05) is 13.8 Å². The van der Waals surface area contributed by atoms with E-state index < -0.39 is 10.0 Å². The van der Waals surface area contributed by atoms with Gasteiger partial charge < -0.3 is 5.73 Å². The molecule has 0 radical (unpaired) electrons. The number of hydrogen-bond donors (Lipinski definition) is 1. The van der Waals surface area contributed by atoms with Gasteiger partial charge in [0.05, 0.1) is 4.90 Å². The highest BCUT2D eigenvalue weighted by Crippen LogP contribution is 2.27. The Morgan fingerprint density at radius 1 is 1.16 bits per heavy atom. The summed E-state index contributed by atoms with van der Waals surface area (Å²) in [5, 5.41) is 0. The number of hydrogen-bond acceptors (Lipinski definition) is 3. The Kier molecular flexibility index (Phi) is 3.87. The summed E-state index contributed by atoms with van der Waals surface area (Å²) >= 11 is 0. The molecular formula is C14H22N2O2S. The largest absolute Gasteiger partial charge is 0.399 e. The average Bonchev–Trinajstić information content (AvgIpc) is 2.26. The lowest BCUT2D eigenvalue weighted by Gasteiger charge is -2.34. The highest BCUT2D eigenvalue weighted by Gasteiger charge is 2.31. The molecule has 1 heterocycles. The molecule has 0 saturated carbocycles. The fraction of sp³-hybridized carbons (Fsp3) is 0.571. The maximum absolute atomic E-state index is 12.7. The van der Waals surface area contributed by atoms with Gasteiger partial charge >= 0.3 is 0 Å². The van der Waals surface area contributed by atoms with Crippen LogP contribution in [0.4, 0.5) is 5.69 Å². The van der Waals surface area contributed by atoms with E-state index in [4.69, 9.17) is 5.73 Å². The summed E-state index contributed by atoms with van der Waals surface area (Å²) in [6.45, 7) is 7.25. The molecule has 106 valence electrons. The van der Waals surface area contributed by atoms with E-state index in [1.165, 1.54) is 0 Å². The molecule has 0 aliphatic carbocycles. The van der Waals surface area contributed by atoms with E-state index >= 15 is 0 Å². The maximum atomic E-state index is 12.7. The SMILES string of the molecule is Cc1cc(N)cc(S(=O)(=O)N2CC(C)CC(C)C2)c1. The minimum absolute atomic E-state index is 0.311. The standard InChI is InChI=1S/C14H22N2O2S/c1-10-5-13(15)7-14(6-10)19(17,18)16-8-11(2)4-12(3)9-16/h5-7,11-12H,4,8-9,15H2,1-3H3. The van der Waals surface area contributed by atoms with Crippen molar-refractivity contribution in [2.75, 3.05) is 18.8 Å². The van der Waals surface area contributed by atoms with E-state index in [0.717, 1.165) is 12.0 Å². The molecule has 2 atom stereocenters. The van der Waals surface area contributed by atoms with E-state index in [9.17, 15) is 8.42 Å². The maximum Gasteiger partial charge on any atom is 0.243 e. The van der Waals surface area contributed by atoms with Gasteiger partial charge in [-0.05, 0) is 48.9 Å². The lowest BCUT2D eigenvalue weighted by Crippen LogP contribution is -2.42. The summed E-state index contributed by atoms with van der Waals surface area (Å²) < 4.78 is 26.9. The highest BCUT2D eigenvalue weighted by molar-refractivity contribution is 7.89. The van der Waals surface area contributed by atoms with E-state index in [-0.39, 0.29) is 0 Å². The number of anilines is 1. The molecule has 0 bridgehead atoms. The Hall–Kier alpha value is -1.07. The molecule has 19 heavy (non-hydrogen) atoms. The second-order valence-corrected chi connectivity index (χ2v) is 7.79. The molecule has 1 aliphatic rings. The Balaban J connectivity index is 2.36. The average molecular weight is 282 g/mol. The number of rotatable bonds is 2. The van der Waals surface area contributed by atoms with Gasteiger partial charge in [0.15, 0.2) is 0 Å². The first-order valence-corrected chi connectivity index (χ1v) is 8.10. The van der Waals surface area contributed by atoms with Crippen LogP contribution < -0.4 is 5.73 Å². The zero-order valence-corrected chi connectivity index (χ0v) is 12.6. The van der Waals surface area contributed by atoms with Crippen LogP contribution in [-0.2, 0) is 10.0 Å². The second kappa shape index (κ2) is 5.13. The van der Waals surface area contributed by atoms with E-state index in [1.807, 2.05) is 6.92 Å². The minimum atomic E-state index is -3.42. The van der Waals surface area contributed by atoms with Crippen molar-refractivity contribution in [3.63, 3.8) is 0 Å². The first kappa shape index (κ1) is 14.3. The number of aryl methyl sites for hydroxylation is 1. The predicted octanol–water partition coefficient (Wildman–Crippen LogP) is 2.24.